The van der Waals surface area contributed by atoms with E-state index in [0.29, 0.717) is 29.9 Å². The second-order valence-electron chi connectivity index (χ2n) is 5.83. The first kappa shape index (κ1) is 16.7. The van der Waals surface area contributed by atoms with E-state index in [2.05, 4.69) is 11.6 Å². The van der Waals surface area contributed by atoms with Crippen LogP contribution in [0.2, 0.25) is 5.02 Å². The van der Waals surface area contributed by atoms with Crippen LogP contribution in [0.25, 0.3) is 0 Å². The molecule has 0 aromatic heterocycles. The van der Waals surface area contributed by atoms with Gasteiger partial charge in [0.25, 0.3) is 0 Å². The molecule has 1 saturated carbocycles. The predicted molar refractivity (Wildman–Crippen MR) is 85.7 cm³/mol. The highest BCUT2D eigenvalue weighted by atomic mass is 35.5. The fourth-order valence-corrected chi connectivity index (χ4v) is 4.30. The average molecular weight is 331 g/mol. The molecule has 1 aromatic carbocycles. The number of rotatable bonds is 5. The molecule has 0 saturated heterocycles. The Morgan fingerprint density at radius 1 is 1.33 bits per heavy atom. The first-order valence-corrected chi connectivity index (χ1v) is 9.28. The first-order valence-electron chi connectivity index (χ1n) is 7.42. The molecule has 2 rings (SSSR count). The minimum Gasteiger partial charge on any atom is -0.326 e. The van der Waals surface area contributed by atoms with E-state index in [-0.39, 0.29) is 4.90 Å². The van der Waals surface area contributed by atoms with Crippen molar-refractivity contribution >= 4 is 21.6 Å². The van der Waals surface area contributed by atoms with Crippen LogP contribution in [0.15, 0.2) is 23.1 Å². The summed E-state index contributed by atoms with van der Waals surface area (Å²) in [4.78, 5) is 0.202. The lowest BCUT2D eigenvalue weighted by Gasteiger charge is -2.28. The van der Waals surface area contributed by atoms with Gasteiger partial charge in [0.2, 0.25) is 10.0 Å². The molecular weight excluding hydrogens is 308 g/mol. The van der Waals surface area contributed by atoms with Crippen molar-refractivity contribution in [1.29, 1.82) is 0 Å². The van der Waals surface area contributed by atoms with E-state index < -0.39 is 10.0 Å². The fraction of sp³-hybridized carbons (Fsp3) is 0.600. The molecular formula is C15H23ClN2O2S. The summed E-state index contributed by atoms with van der Waals surface area (Å²) in [5.41, 5.74) is 6.28. The standard InChI is InChI=1S/C15H23ClN2O2S/c1-11-4-2-3-5-13(11)10-18-21(19,20)14-7-6-12(9-17)15(16)8-14/h6-8,11,13,18H,2-5,9-10,17H2,1H3. The van der Waals surface area contributed by atoms with E-state index in [4.69, 9.17) is 17.3 Å². The molecule has 2 unspecified atom stereocenters. The van der Waals surface area contributed by atoms with Gasteiger partial charge in [-0.15, -0.1) is 0 Å². The van der Waals surface area contributed by atoms with Crippen LogP contribution in [-0.2, 0) is 16.6 Å². The molecule has 0 spiro atoms. The predicted octanol–water partition coefficient (Wildman–Crippen LogP) is 2.90. The van der Waals surface area contributed by atoms with Crippen LogP contribution >= 0.6 is 11.6 Å². The maximum atomic E-state index is 12.3. The zero-order chi connectivity index (χ0) is 15.5. The van der Waals surface area contributed by atoms with Crippen LogP contribution in [0.4, 0.5) is 0 Å². The molecule has 3 N–H and O–H groups in total. The van der Waals surface area contributed by atoms with E-state index in [1.165, 1.54) is 25.3 Å². The van der Waals surface area contributed by atoms with Gasteiger partial charge in [-0.1, -0.05) is 43.9 Å². The van der Waals surface area contributed by atoms with Gasteiger partial charge in [-0.25, -0.2) is 13.1 Å². The van der Waals surface area contributed by atoms with Crippen molar-refractivity contribution in [2.24, 2.45) is 17.6 Å². The molecule has 4 nitrogen and oxygen atoms in total. The quantitative estimate of drug-likeness (QED) is 0.872. The summed E-state index contributed by atoms with van der Waals surface area (Å²) < 4.78 is 27.4. The minimum atomic E-state index is -3.51. The van der Waals surface area contributed by atoms with Gasteiger partial charge in [-0.2, -0.15) is 0 Å². The van der Waals surface area contributed by atoms with Gasteiger partial charge in [0.1, 0.15) is 0 Å². The normalized spacial score (nSPS) is 23.2. The highest BCUT2D eigenvalue weighted by Crippen LogP contribution is 2.29. The lowest BCUT2D eigenvalue weighted by molar-refractivity contribution is 0.257. The van der Waals surface area contributed by atoms with E-state index >= 15 is 0 Å². The lowest BCUT2D eigenvalue weighted by atomic mass is 9.81. The van der Waals surface area contributed by atoms with Gasteiger partial charge in [0, 0.05) is 18.1 Å². The third-order valence-electron chi connectivity index (χ3n) is 4.38. The van der Waals surface area contributed by atoms with Crippen LogP contribution in [0.3, 0.4) is 0 Å². The summed E-state index contributed by atoms with van der Waals surface area (Å²) in [5.74, 6) is 0.997. The van der Waals surface area contributed by atoms with Gasteiger partial charge in [-0.3, -0.25) is 0 Å². The van der Waals surface area contributed by atoms with Crippen LogP contribution in [-0.4, -0.2) is 15.0 Å². The zero-order valence-corrected chi connectivity index (χ0v) is 13.9. The Morgan fingerprint density at radius 2 is 2.05 bits per heavy atom. The smallest absolute Gasteiger partial charge is 0.240 e. The van der Waals surface area contributed by atoms with E-state index in [1.807, 2.05) is 0 Å². The number of halogens is 1. The molecule has 6 heteroatoms. The van der Waals surface area contributed by atoms with Crippen LogP contribution in [0.5, 0.6) is 0 Å². The maximum absolute atomic E-state index is 12.3. The van der Waals surface area contributed by atoms with Gasteiger partial charge in [0.15, 0.2) is 0 Å². The monoisotopic (exact) mass is 330 g/mol. The van der Waals surface area contributed by atoms with Crippen LogP contribution in [0.1, 0.15) is 38.2 Å². The van der Waals surface area contributed by atoms with Crippen LogP contribution in [0, 0.1) is 11.8 Å². The third-order valence-corrected chi connectivity index (χ3v) is 6.15. The lowest BCUT2D eigenvalue weighted by Crippen LogP contribution is -2.33. The number of sulfonamides is 1. The first-order chi connectivity index (χ1) is 9.94. The van der Waals surface area contributed by atoms with Crippen molar-refractivity contribution < 1.29 is 8.42 Å². The Hall–Kier alpha value is -0.620. The highest BCUT2D eigenvalue weighted by Gasteiger charge is 2.24. The van der Waals surface area contributed by atoms with E-state index in [9.17, 15) is 8.42 Å². The number of nitrogens with two attached hydrogens (primary N) is 1. The second kappa shape index (κ2) is 7.09. The summed E-state index contributed by atoms with van der Waals surface area (Å²) >= 11 is 6.04. The molecule has 21 heavy (non-hydrogen) atoms. The molecule has 1 aliphatic rings. The Kier molecular flexibility index (Phi) is 5.66. The molecule has 1 fully saturated rings. The van der Waals surface area contributed by atoms with Crippen molar-refractivity contribution in [3.05, 3.63) is 28.8 Å². The third kappa shape index (κ3) is 4.19. The zero-order valence-electron chi connectivity index (χ0n) is 12.3. The van der Waals surface area contributed by atoms with Crippen molar-refractivity contribution in [3.63, 3.8) is 0 Å². The largest absolute Gasteiger partial charge is 0.326 e. The topological polar surface area (TPSA) is 72.2 Å². The van der Waals surface area contributed by atoms with Crippen molar-refractivity contribution in [2.45, 2.75) is 44.0 Å². The number of nitrogens with one attached hydrogen (secondary N) is 1. The minimum absolute atomic E-state index is 0.202. The molecule has 1 aliphatic carbocycles. The van der Waals surface area contributed by atoms with E-state index in [0.717, 1.165) is 12.0 Å². The fourth-order valence-electron chi connectivity index (χ4n) is 2.86. The van der Waals surface area contributed by atoms with Crippen molar-refractivity contribution in [1.82, 2.24) is 4.72 Å². The molecule has 0 bridgehead atoms. The van der Waals surface area contributed by atoms with Gasteiger partial charge in [0.05, 0.1) is 4.90 Å². The Morgan fingerprint density at radius 3 is 2.67 bits per heavy atom. The summed E-state index contributed by atoms with van der Waals surface area (Å²) in [6, 6.07) is 4.69. The second-order valence-corrected chi connectivity index (χ2v) is 8.01. The molecule has 1 aromatic rings. The highest BCUT2D eigenvalue weighted by molar-refractivity contribution is 7.89. The van der Waals surface area contributed by atoms with Gasteiger partial charge < -0.3 is 5.73 Å². The number of benzene rings is 1. The number of hydrogen-bond acceptors (Lipinski definition) is 3. The maximum Gasteiger partial charge on any atom is 0.240 e. The Balaban J connectivity index is 2.06. The molecule has 0 heterocycles. The molecule has 0 aliphatic heterocycles. The van der Waals surface area contributed by atoms with Gasteiger partial charge >= 0.3 is 0 Å². The molecule has 0 radical (unpaired) electrons. The van der Waals surface area contributed by atoms with E-state index in [1.54, 1.807) is 12.1 Å². The summed E-state index contributed by atoms with van der Waals surface area (Å²) in [7, 11) is -3.51. The summed E-state index contributed by atoms with van der Waals surface area (Å²) in [6.45, 7) is 3.00. The molecule has 2 atom stereocenters. The molecule has 118 valence electrons. The number of hydrogen-bond donors (Lipinski definition) is 2. The van der Waals surface area contributed by atoms with Gasteiger partial charge in [-0.05, 0) is 36.0 Å². The van der Waals surface area contributed by atoms with Crippen LogP contribution < -0.4 is 10.5 Å². The Labute approximate surface area is 132 Å². The van der Waals surface area contributed by atoms with Crippen molar-refractivity contribution in [3.8, 4) is 0 Å². The Bertz CT molecular complexity index is 589. The SMILES string of the molecule is CC1CCCCC1CNS(=O)(=O)c1ccc(CN)c(Cl)c1. The van der Waals surface area contributed by atoms with Crippen molar-refractivity contribution in [2.75, 3.05) is 6.54 Å². The molecule has 0 amide bonds. The summed E-state index contributed by atoms with van der Waals surface area (Å²) in [5, 5.41) is 0.395. The average Bonchev–Trinajstić information content (AvgIpc) is 2.46. The summed E-state index contributed by atoms with van der Waals surface area (Å²) in [6.07, 6.45) is 4.72.